The van der Waals surface area contributed by atoms with Crippen molar-refractivity contribution in [2.45, 2.75) is 70.3 Å². The van der Waals surface area contributed by atoms with Gasteiger partial charge >= 0.3 is 0 Å². The molecule has 0 saturated heterocycles. The van der Waals surface area contributed by atoms with Crippen molar-refractivity contribution >= 4 is 33.4 Å². The van der Waals surface area contributed by atoms with E-state index in [1.165, 1.54) is 38.5 Å². The van der Waals surface area contributed by atoms with Crippen molar-refractivity contribution in [1.82, 2.24) is 9.66 Å². The summed E-state index contributed by atoms with van der Waals surface area (Å²) in [6.07, 6.45) is 11.7. The Bertz CT molecular complexity index is 1610. The summed E-state index contributed by atoms with van der Waals surface area (Å²) in [4.78, 5) is 18.8. The Hall–Kier alpha value is -3.62. The van der Waals surface area contributed by atoms with Gasteiger partial charge in [-0.1, -0.05) is 62.8 Å². The average molecular weight is 583 g/mol. The Balaban J connectivity index is 1.58. The van der Waals surface area contributed by atoms with Gasteiger partial charge in [-0.15, -0.1) is 0 Å². The van der Waals surface area contributed by atoms with Gasteiger partial charge in [-0.3, -0.25) is 9.80 Å². The van der Waals surface area contributed by atoms with Crippen molar-refractivity contribution in [3.05, 3.63) is 70.9 Å². The van der Waals surface area contributed by atoms with E-state index in [1.54, 1.807) is 13.2 Å². The number of hydrogen-bond donors (Lipinski definition) is 3. The maximum atomic E-state index is 13.6. The SMILES string of the molecule is COc1cc(N(C(CN)C2CCCCC2)n2c(NCC3(CN)CCCCC3)cc(=O)c3ccccc32)nc2ccccc12. The maximum Gasteiger partial charge on any atom is 0.191 e. The molecule has 0 bridgehead atoms. The van der Waals surface area contributed by atoms with Crippen molar-refractivity contribution in [1.29, 1.82) is 0 Å². The van der Waals surface area contributed by atoms with Gasteiger partial charge in [-0.05, 0) is 67.8 Å². The van der Waals surface area contributed by atoms with Gasteiger partial charge in [0.2, 0.25) is 0 Å². The lowest BCUT2D eigenvalue weighted by Crippen LogP contribution is -2.50. The molecule has 43 heavy (non-hydrogen) atoms. The number of anilines is 2. The van der Waals surface area contributed by atoms with Crippen molar-refractivity contribution < 1.29 is 4.74 Å². The minimum Gasteiger partial charge on any atom is -0.496 e. The topological polar surface area (TPSA) is 111 Å². The first-order valence-electron chi connectivity index (χ1n) is 16.1. The van der Waals surface area contributed by atoms with Crippen LogP contribution in [0.2, 0.25) is 0 Å². The number of nitrogens with one attached hydrogen (secondary N) is 1. The monoisotopic (exact) mass is 582 g/mol. The van der Waals surface area contributed by atoms with Gasteiger partial charge in [-0.25, -0.2) is 9.66 Å². The normalized spacial score (nSPS) is 18.0. The van der Waals surface area contributed by atoms with Crippen LogP contribution in [0.15, 0.2) is 65.5 Å². The second-order valence-corrected chi connectivity index (χ2v) is 12.6. The molecule has 1 atom stereocenters. The summed E-state index contributed by atoms with van der Waals surface area (Å²) in [5.41, 5.74) is 14.8. The highest BCUT2D eigenvalue weighted by molar-refractivity contribution is 5.88. The van der Waals surface area contributed by atoms with Gasteiger partial charge in [-0.2, -0.15) is 0 Å². The fourth-order valence-electron chi connectivity index (χ4n) is 7.50. The Morgan fingerprint density at radius 3 is 2.40 bits per heavy atom. The number of aromatic nitrogens is 2. The molecule has 2 aromatic heterocycles. The summed E-state index contributed by atoms with van der Waals surface area (Å²) in [6.45, 7) is 1.78. The predicted octanol–water partition coefficient (Wildman–Crippen LogP) is 6.06. The number of para-hydroxylation sites is 2. The van der Waals surface area contributed by atoms with Gasteiger partial charge in [0.05, 0.1) is 24.2 Å². The fraction of sp³-hybridized carbons (Fsp3) is 0.486. The van der Waals surface area contributed by atoms with Crippen LogP contribution in [0.4, 0.5) is 11.6 Å². The molecule has 8 heteroatoms. The zero-order valence-electron chi connectivity index (χ0n) is 25.4. The predicted molar refractivity (Wildman–Crippen MR) is 177 cm³/mol. The molecular weight excluding hydrogens is 536 g/mol. The van der Waals surface area contributed by atoms with Crippen LogP contribution in [0.3, 0.4) is 0 Å². The Labute approximate surface area is 254 Å². The molecule has 2 aliphatic rings. The molecule has 2 aliphatic carbocycles. The first-order valence-corrected chi connectivity index (χ1v) is 16.1. The number of pyridine rings is 2. The van der Waals surface area contributed by atoms with Crippen LogP contribution in [-0.2, 0) is 0 Å². The molecule has 0 radical (unpaired) electrons. The lowest BCUT2D eigenvalue weighted by atomic mass is 9.74. The number of methoxy groups -OCH3 is 1. The lowest BCUT2D eigenvalue weighted by molar-refractivity contribution is 0.215. The van der Waals surface area contributed by atoms with E-state index in [0.29, 0.717) is 30.9 Å². The van der Waals surface area contributed by atoms with Gasteiger partial charge in [0.25, 0.3) is 0 Å². The zero-order chi connectivity index (χ0) is 29.8. The van der Waals surface area contributed by atoms with E-state index in [-0.39, 0.29) is 16.9 Å². The Morgan fingerprint density at radius 1 is 0.977 bits per heavy atom. The smallest absolute Gasteiger partial charge is 0.191 e. The zero-order valence-corrected chi connectivity index (χ0v) is 25.4. The molecule has 6 rings (SSSR count). The van der Waals surface area contributed by atoms with Crippen molar-refractivity contribution in [3.8, 4) is 5.75 Å². The number of benzene rings is 2. The number of rotatable bonds is 10. The molecule has 0 amide bonds. The number of fused-ring (bicyclic) bond motifs is 2. The van der Waals surface area contributed by atoms with Gasteiger partial charge in [0.15, 0.2) is 11.2 Å². The van der Waals surface area contributed by atoms with E-state index in [0.717, 1.165) is 59.5 Å². The highest BCUT2D eigenvalue weighted by Crippen LogP contribution is 2.38. The molecule has 0 spiro atoms. The number of nitrogens with zero attached hydrogens (tertiary/aromatic N) is 3. The minimum atomic E-state index is -0.0386. The third kappa shape index (κ3) is 5.83. The Kier molecular flexibility index (Phi) is 8.86. The Morgan fingerprint density at radius 2 is 1.67 bits per heavy atom. The van der Waals surface area contributed by atoms with Crippen LogP contribution >= 0.6 is 0 Å². The molecule has 4 aromatic rings. The van der Waals surface area contributed by atoms with Crippen LogP contribution in [-0.4, -0.2) is 42.4 Å². The van der Waals surface area contributed by atoms with Gasteiger partial charge in [0.1, 0.15) is 11.6 Å². The van der Waals surface area contributed by atoms with E-state index in [4.69, 9.17) is 21.2 Å². The average Bonchev–Trinajstić information content (AvgIpc) is 3.07. The standard InChI is InChI=1S/C35H46N6O2/c1-43-32-21-34(39-28-16-8-6-14-26(28)32)41(30(22-36)25-12-4-2-5-13-25)40-29-17-9-7-15-27(29)31(42)20-33(40)38-24-35(23-37)18-10-3-11-19-35/h6-9,14-17,20-21,25,30,38H,2-5,10-13,18-19,22-24,36-37H2,1H3. The van der Waals surface area contributed by atoms with Crippen molar-refractivity contribution in [2.24, 2.45) is 22.8 Å². The third-order valence-corrected chi connectivity index (χ3v) is 9.97. The first kappa shape index (κ1) is 29.5. The molecule has 0 aliphatic heterocycles. The van der Waals surface area contributed by atoms with Crippen molar-refractivity contribution in [2.75, 3.05) is 37.1 Å². The summed E-state index contributed by atoms with van der Waals surface area (Å²) in [5.74, 6) is 2.64. The fourth-order valence-corrected chi connectivity index (χ4v) is 7.50. The number of ether oxygens (including phenoxy) is 1. The second kappa shape index (κ2) is 12.9. The molecule has 2 heterocycles. The summed E-state index contributed by atoms with van der Waals surface area (Å²) < 4.78 is 8.09. The molecule has 2 fully saturated rings. The molecule has 228 valence electrons. The maximum absolute atomic E-state index is 13.6. The van der Waals surface area contributed by atoms with Crippen LogP contribution in [0.5, 0.6) is 5.75 Å². The summed E-state index contributed by atoms with van der Waals surface area (Å²) in [5, 5.41) is 7.62. The van der Waals surface area contributed by atoms with Crippen LogP contribution < -0.4 is 32.0 Å². The third-order valence-electron chi connectivity index (χ3n) is 9.97. The molecule has 8 nitrogen and oxygen atoms in total. The molecule has 5 N–H and O–H groups in total. The van der Waals surface area contributed by atoms with Crippen LogP contribution in [0.1, 0.15) is 64.2 Å². The largest absolute Gasteiger partial charge is 0.496 e. The molecular formula is C35H46N6O2. The van der Waals surface area contributed by atoms with Crippen LogP contribution in [0, 0.1) is 11.3 Å². The van der Waals surface area contributed by atoms with Crippen molar-refractivity contribution in [3.63, 3.8) is 0 Å². The van der Waals surface area contributed by atoms with Gasteiger partial charge in [0, 0.05) is 36.0 Å². The summed E-state index contributed by atoms with van der Waals surface area (Å²) in [7, 11) is 1.70. The number of nitrogens with two attached hydrogens (primary N) is 2. The van der Waals surface area contributed by atoms with Gasteiger partial charge < -0.3 is 21.5 Å². The molecule has 2 saturated carbocycles. The minimum absolute atomic E-state index is 0.00856. The number of hydrogen-bond acceptors (Lipinski definition) is 7. The first-order chi connectivity index (χ1) is 21.1. The van der Waals surface area contributed by atoms with E-state index < -0.39 is 0 Å². The quantitative estimate of drug-likeness (QED) is 0.209. The highest BCUT2D eigenvalue weighted by Gasteiger charge is 2.34. The lowest BCUT2D eigenvalue weighted by Gasteiger charge is -2.42. The van der Waals surface area contributed by atoms with E-state index in [1.807, 2.05) is 54.6 Å². The molecule has 1 unspecified atom stereocenters. The van der Waals surface area contributed by atoms with Crippen LogP contribution in [0.25, 0.3) is 21.8 Å². The molecule has 2 aromatic carbocycles. The van der Waals surface area contributed by atoms with E-state index in [9.17, 15) is 4.79 Å². The second-order valence-electron chi connectivity index (χ2n) is 12.6. The highest BCUT2D eigenvalue weighted by atomic mass is 16.5. The van der Waals surface area contributed by atoms with E-state index >= 15 is 0 Å². The summed E-state index contributed by atoms with van der Waals surface area (Å²) in [6, 6.07) is 19.7. The van der Waals surface area contributed by atoms with E-state index in [2.05, 4.69) is 15.0 Å². The summed E-state index contributed by atoms with van der Waals surface area (Å²) >= 11 is 0.